The fourth-order valence-corrected chi connectivity index (χ4v) is 4.80. The van der Waals surface area contributed by atoms with Crippen molar-refractivity contribution >= 4 is 11.9 Å². The van der Waals surface area contributed by atoms with E-state index in [1.165, 1.54) is 16.0 Å². The summed E-state index contributed by atoms with van der Waals surface area (Å²) in [5.41, 5.74) is 2.56. The van der Waals surface area contributed by atoms with Gasteiger partial charge in [0.2, 0.25) is 5.91 Å². The number of urea groups is 1. The molecule has 0 spiro atoms. The van der Waals surface area contributed by atoms with Crippen molar-refractivity contribution in [2.45, 2.75) is 56.6 Å². The first-order valence-electron chi connectivity index (χ1n) is 9.74. The summed E-state index contributed by atoms with van der Waals surface area (Å²) in [7, 11) is 4.83. The average molecular weight is 376 g/mol. The number of imide groups is 1. The second-order valence-corrected chi connectivity index (χ2v) is 7.79. The number of ether oxygens (including phenoxy) is 3. The zero-order valence-corrected chi connectivity index (χ0v) is 16.2. The van der Waals surface area contributed by atoms with Crippen LogP contribution in [0.4, 0.5) is 4.79 Å². The number of carbonyl (C=O) groups is 2. The van der Waals surface area contributed by atoms with Crippen molar-refractivity contribution in [3.8, 4) is 0 Å². The molecule has 3 amide bonds. The van der Waals surface area contributed by atoms with E-state index in [0.29, 0.717) is 13.0 Å². The number of hydrogen-bond acceptors (Lipinski definition) is 5. The average Bonchev–Trinajstić information content (AvgIpc) is 3.08. The van der Waals surface area contributed by atoms with Gasteiger partial charge in [-0.25, -0.2) is 4.79 Å². The zero-order valence-electron chi connectivity index (χ0n) is 16.2. The minimum absolute atomic E-state index is 0.135. The van der Waals surface area contributed by atoms with Crippen LogP contribution < -0.4 is 0 Å². The van der Waals surface area contributed by atoms with Crippen LogP contribution in [0.25, 0.3) is 0 Å². The third-order valence-corrected chi connectivity index (χ3v) is 6.24. The molecule has 2 aliphatic carbocycles. The van der Waals surface area contributed by atoms with Crippen LogP contribution in [0.1, 0.15) is 32.1 Å². The molecule has 0 aromatic carbocycles. The van der Waals surface area contributed by atoms with Gasteiger partial charge in [-0.3, -0.25) is 14.6 Å². The summed E-state index contributed by atoms with van der Waals surface area (Å²) >= 11 is 0. The van der Waals surface area contributed by atoms with Crippen LogP contribution >= 0.6 is 0 Å². The van der Waals surface area contributed by atoms with E-state index in [1.807, 2.05) is 0 Å². The second-order valence-electron chi connectivity index (χ2n) is 7.79. The van der Waals surface area contributed by atoms with Crippen molar-refractivity contribution in [3.05, 3.63) is 23.3 Å². The molecule has 7 heteroatoms. The predicted octanol–water partition coefficient (Wildman–Crippen LogP) is 2.08. The fourth-order valence-electron chi connectivity index (χ4n) is 4.80. The Bertz CT molecular complexity index is 688. The van der Waals surface area contributed by atoms with Crippen molar-refractivity contribution in [2.24, 2.45) is 5.92 Å². The summed E-state index contributed by atoms with van der Waals surface area (Å²) in [6, 6.07) is -0.592. The first kappa shape index (κ1) is 18.7. The van der Waals surface area contributed by atoms with E-state index in [1.54, 1.807) is 26.2 Å². The number of carbonyl (C=O) groups excluding carboxylic acids is 2. The van der Waals surface area contributed by atoms with Gasteiger partial charge >= 0.3 is 6.03 Å². The van der Waals surface area contributed by atoms with E-state index < -0.39 is 6.23 Å². The third kappa shape index (κ3) is 3.11. The molecule has 0 radical (unpaired) electrons. The van der Waals surface area contributed by atoms with E-state index in [2.05, 4.69) is 12.2 Å². The summed E-state index contributed by atoms with van der Waals surface area (Å²) in [5.74, 6) is -0.472. The van der Waals surface area contributed by atoms with Crippen LogP contribution in [0.2, 0.25) is 0 Å². The molecule has 0 bridgehead atoms. The molecule has 2 saturated heterocycles. The molecule has 0 aromatic rings. The van der Waals surface area contributed by atoms with Crippen LogP contribution in [-0.4, -0.2) is 74.1 Å². The minimum atomic E-state index is -0.430. The van der Waals surface area contributed by atoms with Gasteiger partial charge in [0, 0.05) is 27.7 Å². The van der Waals surface area contributed by atoms with Gasteiger partial charge in [-0.15, -0.1) is 0 Å². The Morgan fingerprint density at radius 2 is 1.85 bits per heavy atom. The van der Waals surface area contributed by atoms with Gasteiger partial charge in [-0.05, 0) is 36.8 Å². The molecule has 3 fully saturated rings. The first-order valence-corrected chi connectivity index (χ1v) is 9.74. The maximum absolute atomic E-state index is 13.0. The minimum Gasteiger partial charge on any atom is -0.382 e. The molecule has 0 N–H and O–H groups in total. The van der Waals surface area contributed by atoms with Gasteiger partial charge in [-0.1, -0.05) is 12.2 Å². The van der Waals surface area contributed by atoms with E-state index in [-0.39, 0.29) is 36.1 Å². The monoisotopic (exact) mass is 376 g/mol. The van der Waals surface area contributed by atoms with Gasteiger partial charge in [-0.2, -0.15) is 0 Å². The second kappa shape index (κ2) is 7.37. The number of amides is 3. The Morgan fingerprint density at radius 1 is 1.15 bits per heavy atom. The number of fused-ring (bicyclic) bond motifs is 2. The number of methoxy groups -OCH3 is 2. The molecule has 148 valence electrons. The van der Waals surface area contributed by atoms with Crippen molar-refractivity contribution < 1.29 is 23.8 Å². The summed E-state index contributed by atoms with van der Waals surface area (Å²) in [6.07, 6.45) is 8.35. The van der Waals surface area contributed by atoms with Gasteiger partial charge in [0.25, 0.3) is 0 Å². The topological polar surface area (TPSA) is 68.3 Å². The zero-order chi connectivity index (χ0) is 19.1. The molecular formula is C20H28N2O5. The van der Waals surface area contributed by atoms with E-state index in [9.17, 15) is 9.59 Å². The van der Waals surface area contributed by atoms with E-state index >= 15 is 0 Å². The van der Waals surface area contributed by atoms with Crippen LogP contribution in [0, 0.1) is 5.92 Å². The van der Waals surface area contributed by atoms with Crippen molar-refractivity contribution in [3.63, 3.8) is 0 Å². The van der Waals surface area contributed by atoms with Crippen LogP contribution in [0.15, 0.2) is 23.3 Å². The van der Waals surface area contributed by atoms with E-state index in [4.69, 9.17) is 14.2 Å². The maximum Gasteiger partial charge on any atom is 0.329 e. The molecule has 0 unspecified atom stereocenters. The first-order chi connectivity index (χ1) is 13.0. The number of nitrogens with zero attached hydrogens (tertiary/aromatic N) is 2. The predicted molar refractivity (Wildman–Crippen MR) is 97.9 cm³/mol. The normalized spacial score (nSPS) is 36.3. The van der Waals surface area contributed by atoms with E-state index in [0.717, 1.165) is 25.7 Å². The van der Waals surface area contributed by atoms with Crippen LogP contribution in [-0.2, 0) is 19.0 Å². The molecule has 7 nitrogen and oxygen atoms in total. The largest absolute Gasteiger partial charge is 0.382 e. The third-order valence-electron chi connectivity index (χ3n) is 6.24. The standard InChI is InChI=1S/C20H28N2O5/c1-21-19(23)14-8-12-6-4-5-7-13(12)9-15(14)22(20(21)24)18-10-16(26-3)17(27-18)11-25-2/h8-9,14-18H,4-7,10-11H2,1-3H3/t14-,15+,16+,17-,18-/m1/s1. The molecular weight excluding hydrogens is 348 g/mol. The quantitative estimate of drug-likeness (QED) is 0.751. The molecule has 2 heterocycles. The van der Waals surface area contributed by atoms with Crippen LogP contribution in [0.5, 0.6) is 0 Å². The van der Waals surface area contributed by atoms with Crippen molar-refractivity contribution in [1.29, 1.82) is 0 Å². The van der Waals surface area contributed by atoms with Crippen LogP contribution in [0.3, 0.4) is 0 Å². The summed E-state index contributed by atoms with van der Waals surface area (Å²) < 4.78 is 16.9. The lowest BCUT2D eigenvalue weighted by Crippen LogP contribution is -2.63. The summed E-state index contributed by atoms with van der Waals surface area (Å²) in [5, 5.41) is 0. The molecule has 5 atom stereocenters. The van der Waals surface area contributed by atoms with Gasteiger partial charge in [0.15, 0.2) is 0 Å². The lowest BCUT2D eigenvalue weighted by atomic mass is 9.78. The Hall–Kier alpha value is -1.70. The van der Waals surface area contributed by atoms with Crippen molar-refractivity contribution in [1.82, 2.24) is 9.80 Å². The van der Waals surface area contributed by atoms with Crippen molar-refractivity contribution in [2.75, 3.05) is 27.9 Å². The summed E-state index contributed by atoms with van der Waals surface area (Å²) in [6.45, 7) is 0.408. The lowest BCUT2D eigenvalue weighted by molar-refractivity contribution is -0.140. The SMILES string of the molecule is COC[C@H]1O[C@@H](N2C(=O)N(C)C(=O)[C@@H]3C=C4CCCCC4=C[C@@H]32)C[C@@H]1OC. The Labute approximate surface area is 159 Å². The summed E-state index contributed by atoms with van der Waals surface area (Å²) in [4.78, 5) is 28.8. The Morgan fingerprint density at radius 3 is 2.52 bits per heavy atom. The lowest BCUT2D eigenvalue weighted by Gasteiger charge is -2.46. The molecule has 1 saturated carbocycles. The molecule has 4 rings (SSSR count). The van der Waals surface area contributed by atoms with Gasteiger partial charge in [0.05, 0.1) is 24.7 Å². The highest BCUT2D eigenvalue weighted by Gasteiger charge is 2.51. The fraction of sp³-hybridized carbons (Fsp3) is 0.700. The molecule has 2 aliphatic heterocycles. The molecule has 27 heavy (non-hydrogen) atoms. The molecule has 0 aromatic heterocycles. The Balaban J connectivity index is 1.65. The molecule has 4 aliphatic rings. The Kier molecular flexibility index (Phi) is 5.09. The number of allylic oxidation sites excluding steroid dienone is 2. The van der Waals surface area contributed by atoms with Gasteiger partial charge < -0.3 is 14.2 Å². The highest BCUT2D eigenvalue weighted by atomic mass is 16.6. The smallest absolute Gasteiger partial charge is 0.329 e. The number of rotatable bonds is 4. The highest BCUT2D eigenvalue weighted by Crippen LogP contribution is 2.40. The number of hydrogen-bond donors (Lipinski definition) is 0. The van der Waals surface area contributed by atoms with Gasteiger partial charge in [0.1, 0.15) is 12.3 Å². The highest BCUT2D eigenvalue weighted by molar-refractivity contribution is 6.00. The maximum atomic E-state index is 13.0.